The first-order chi connectivity index (χ1) is 17.0. The third-order valence-corrected chi connectivity index (χ3v) is 6.00. The SMILES string of the molecule is CC1=NN(c2ccccc2)C(=O)C1=Cc1cn(CC(O)CNc2ccc(O)cc2)c2ccccc12. The van der Waals surface area contributed by atoms with Gasteiger partial charge in [-0.3, -0.25) is 4.79 Å². The quantitative estimate of drug-likeness (QED) is 0.274. The topological polar surface area (TPSA) is 90.1 Å². The molecule has 0 radical (unpaired) electrons. The van der Waals surface area contributed by atoms with Crippen LogP contribution in [0.2, 0.25) is 0 Å². The number of aliphatic hydroxyl groups is 1. The maximum Gasteiger partial charge on any atom is 0.280 e. The van der Waals surface area contributed by atoms with Gasteiger partial charge in [-0.1, -0.05) is 36.4 Å². The van der Waals surface area contributed by atoms with Crippen LogP contribution in [0.25, 0.3) is 17.0 Å². The van der Waals surface area contributed by atoms with Crippen molar-refractivity contribution in [3.05, 3.63) is 96.2 Å². The molecule has 0 aliphatic carbocycles. The number of phenols is 1. The Morgan fingerprint density at radius 1 is 1.00 bits per heavy atom. The summed E-state index contributed by atoms with van der Waals surface area (Å²) >= 11 is 0. The average molecular weight is 467 g/mol. The van der Waals surface area contributed by atoms with Gasteiger partial charge < -0.3 is 20.1 Å². The number of nitrogens with zero attached hydrogens (tertiary/aromatic N) is 3. The van der Waals surface area contributed by atoms with Crippen LogP contribution in [0.4, 0.5) is 11.4 Å². The standard InChI is InChI=1S/C28H26N4O3/c1-19-26(28(35)32(30-19)22-7-3-2-4-8-22)15-20-17-31(27-10-6-5-9-25(20)27)18-24(34)16-29-21-11-13-23(33)14-12-21/h2-15,17,24,29,33-34H,16,18H2,1H3. The largest absolute Gasteiger partial charge is 0.508 e. The number of rotatable bonds is 7. The Bertz CT molecular complexity index is 1420. The van der Waals surface area contributed by atoms with E-state index in [0.29, 0.717) is 24.4 Å². The number of aliphatic hydroxyl groups excluding tert-OH is 1. The van der Waals surface area contributed by atoms with Gasteiger partial charge in [0.2, 0.25) is 0 Å². The molecule has 35 heavy (non-hydrogen) atoms. The van der Waals surface area contributed by atoms with E-state index in [1.165, 1.54) is 5.01 Å². The van der Waals surface area contributed by atoms with E-state index in [4.69, 9.17) is 0 Å². The van der Waals surface area contributed by atoms with Crippen molar-refractivity contribution in [2.24, 2.45) is 5.10 Å². The Morgan fingerprint density at radius 3 is 2.49 bits per heavy atom. The lowest BCUT2D eigenvalue weighted by atomic mass is 10.1. The number of aromatic hydroxyl groups is 1. The molecule has 0 saturated heterocycles. The summed E-state index contributed by atoms with van der Waals surface area (Å²) in [6, 6.07) is 24.0. The zero-order valence-electron chi connectivity index (χ0n) is 19.3. The molecule has 4 aromatic rings. The molecule has 0 fully saturated rings. The van der Waals surface area contributed by atoms with Crippen LogP contribution in [0.15, 0.2) is 95.7 Å². The van der Waals surface area contributed by atoms with Crippen LogP contribution in [-0.4, -0.2) is 39.0 Å². The van der Waals surface area contributed by atoms with Gasteiger partial charge in [-0.05, 0) is 55.5 Å². The van der Waals surface area contributed by atoms with Gasteiger partial charge in [-0.2, -0.15) is 10.1 Å². The molecule has 1 aromatic heterocycles. The number of benzene rings is 3. The molecular weight excluding hydrogens is 440 g/mol. The molecule has 3 aromatic carbocycles. The van der Waals surface area contributed by atoms with Gasteiger partial charge in [0.1, 0.15) is 5.75 Å². The van der Waals surface area contributed by atoms with Crippen molar-refractivity contribution in [3.8, 4) is 5.75 Å². The van der Waals surface area contributed by atoms with Crippen LogP contribution in [0, 0.1) is 0 Å². The number of phenolic OH excluding ortho intramolecular Hbond substituents is 1. The number of carbonyl (C=O) groups is 1. The van der Waals surface area contributed by atoms with E-state index in [9.17, 15) is 15.0 Å². The molecule has 7 heteroatoms. The number of aromatic nitrogens is 1. The Morgan fingerprint density at radius 2 is 1.71 bits per heavy atom. The number of anilines is 2. The molecule has 2 heterocycles. The number of hydrogen-bond acceptors (Lipinski definition) is 5. The molecule has 5 rings (SSSR count). The first kappa shape index (κ1) is 22.4. The molecule has 0 spiro atoms. The first-order valence-corrected chi connectivity index (χ1v) is 11.5. The van der Waals surface area contributed by atoms with E-state index < -0.39 is 6.10 Å². The van der Waals surface area contributed by atoms with E-state index >= 15 is 0 Å². The first-order valence-electron chi connectivity index (χ1n) is 11.5. The normalized spacial score (nSPS) is 15.6. The molecular formula is C28H26N4O3. The predicted octanol–water partition coefficient (Wildman–Crippen LogP) is 4.63. The number of hydrazone groups is 1. The van der Waals surface area contributed by atoms with Crippen molar-refractivity contribution in [1.29, 1.82) is 0 Å². The second kappa shape index (κ2) is 9.48. The van der Waals surface area contributed by atoms with Crippen LogP contribution in [0.5, 0.6) is 5.75 Å². The van der Waals surface area contributed by atoms with Crippen LogP contribution < -0.4 is 10.3 Å². The summed E-state index contributed by atoms with van der Waals surface area (Å²) in [6.45, 7) is 2.57. The van der Waals surface area contributed by atoms with Gasteiger partial charge in [0.25, 0.3) is 5.91 Å². The highest BCUT2D eigenvalue weighted by atomic mass is 16.3. The van der Waals surface area contributed by atoms with E-state index in [0.717, 1.165) is 27.8 Å². The number of carbonyl (C=O) groups excluding carboxylic acids is 1. The van der Waals surface area contributed by atoms with Gasteiger partial charge in [-0.15, -0.1) is 0 Å². The fourth-order valence-corrected chi connectivity index (χ4v) is 4.23. The van der Waals surface area contributed by atoms with Crippen LogP contribution in [-0.2, 0) is 11.3 Å². The van der Waals surface area contributed by atoms with Gasteiger partial charge >= 0.3 is 0 Å². The van der Waals surface area contributed by atoms with Gasteiger partial charge in [0.15, 0.2) is 0 Å². The minimum atomic E-state index is -0.648. The Kier molecular flexibility index (Phi) is 6.08. The third kappa shape index (κ3) is 4.67. The highest BCUT2D eigenvalue weighted by Crippen LogP contribution is 2.28. The van der Waals surface area contributed by atoms with E-state index in [2.05, 4.69) is 10.4 Å². The van der Waals surface area contributed by atoms with Crippen molar-refractivity contribution in [1.82, 2.24) is 4.57 Å². The number of para-hydroxylation sites is 2. The molecule has 0 saturated carbocycles. The molecule has 7 nitrogen and oxygen atoms in total. The smallest absolute Gasteiger partial charge is 0.280 e. The highest BCUT2D eigenvalue weighted by Gasteiger charge is 2.29. The molecule has 1 amide bonds. The minimum Gasteiger partial charge on any atom is -0.508 e. The molecule has 0 bridgehead atoms. The lowest BCUT2D eigenvalue weighted by Gasteiger charge is -2.14. The summed E-state index contributed by atoms with van der Waals surface area (Å²) < 4.78 is 2.01. The molecule has 1 atom stereocenters. The monoisotopic (exact) mass is 466 g/mol. The van der Waals surface area contributed by atoms with E-state index in [1.807, 2.05) is 78.4 Å². The van der Waals surface area contributed by atoms with Crippen LogP contribution in [0.1, 0.15) is 12.5 Å². The fraction of sp³-hybridized carbons (Fsp3) is 0.143. The Hall–Kier alpha value is -4.36. The van der Waals surface area contributed by atoms with Crippen LogP contribution in [0.3, 0.4) is 0 Å². The van der Waals surface area contributed by atoms with E-state index in [1.54, 1.807) is 24.3 Å². The van der Waals surface area contributed by atoms with Crippen molar-refractivity contribution in [2.45, 2.75) is 19.6 Å². The summed E-state index contributed by atoms with van der Waals surface area (Å²) in [7, 11) is 0. The summed E-state index contributed by atoms with van der Waals surface area (Å²) in [5.41, 5.74) is 4.63. The Labute approximate surface area is 203 Å². The summed E-state index contributed by atoms with van der Waals surface area (Å²) in [4.78, 5) is 13.2. The van der Waals surface area contributed by atoms with Crippen molar-refractivity contribution in [3.63, 3.8) is 0 Å². The Balaban J connectivity index is 1.38. The maximum absolute atomic E-state index is 13.2. The van der Waals surface area contributed by atoms with Crippen molar-refractivity contribution < 1.29 is 15.0 Å². The second-order valence-electron chi connectivity index (χ2n) is 8.53. The molecule has 1 aliphatic heterocycles. The zero-order chi connectivity index (χ0) is 24.4. The fourth-order valence-electron chi connectivity index (χ4n) is 4.23. The van der Waals surface area contributed by atoms with Gasteiger partial charge in [0.05, 0.1) is 29.6 Å². The molecule has 3 N–H and O–H groups in total. The third-order valence-electron chi connectivity index (χ3n) is 6.00. The predicted molar refractivity (Wildman–Crippen MR) is 140 cm³/mol. The molecule has 1 aliphatic rings. The summed E-state index contributed by atoms with van der Waals surface area (Å²) in [5, 5.41) is 30.2. The van der Waals surface area contributed by atoms with Crippen molar-refractivity contribution >= 4 is 40.0 Å². The second-order valence-corrected chi connectivity index (χ2v) is 8.53. The average Bonchev–Trinajstić information content (AvgIpc) is 3.36. The number of amides is 1. The lowest BCUT2D eigenvalue weighted by molar-refractivity contribution is -0.114. The molecule has 1 unspecified atom stereocenters. The minimum absolute atomic E-state index is 0.163. The lowest BCUT2D eigenvalue weighted by Crippen LogP contribution is -2.24. The number of fused-ring (bicyclic) bond motifs is 1. The highest BCUT2D eigenvalue weighted by molar-refractivity contribution is 6.32. The molecule has 176 valence electrons. The zero-order valence-corrected chi connectivity index (χ0v) is 19.3. The summed E-state index contributed by atoms with van der Waals surface area (Å²) in [5.74, 6) is 0.0353. The van der Waals surface area contributed by atoms with E-state index in [-0.39, 0.29) is 11.7 Å². The van der Waals surface area contributed by atoms with Gasteiger partial charge in [0, 0.05) is 34.9 Å². The number of nitrogens with one attached hydrogen (secondary N) is 1. The summed E-state index contributed by atoms with van der Waals surface area (Å²) in [6.07, 6.45) is 3.20. The number of hydrogen-bond donors (Lipinski definition) is 3. The van der Waals surface area contributed by atoms with Gasteiger partial charge in [-0.25, -0.2) is 0 Å². The van der Waals surface area contributed by atoms with Crippen LogP contribution >= 0.6 is 0 Å². The van der Waals surface area contributed by atoms with Crippen molar-refractivity contribution in [2.75, 3.05) is 16.9 Å². The maximum atomic E-state index is 13.2.